The van der Waals surface area contributed by atoms with Crippen molar-refractivity contribution in [1.29, 1.82) is 0 Å². The maximum atomic E-state index is 11.1. The minimum atomic E-state index is 0.673. The highest BCUT2D eigenvalue weighted by atomic mass is 35.5. The highest BCUT2D eigenvalue weighted by molar-refractivity contribution is 7.98. The van der Waals surface area contributed by atoms with Gasteiger partial charge in [-0.3, -0.25) is 4.79 Å². The Morgan fingerprint density at radius 2 is 1.90 bits per heavy atom. The molecule has 0 aliphatic rings. The molecule has 0 radical (unpaired) electrons. The van der Waals surface area contributed by atoms with E-state index in [1.807, 2.05) is 26.0 Å². The lowest BCUT2D eigenvalue weighted by Crippen LogP contribution is -1.95. The molecule has 2 rings (SSSR count). The quantitative estimate of drug-likeness (QED) is 0.528. The maximum absolute atomic E-state index is 11.1. The van der Waals surface area contributed by atoms with Gasteiger partial charge in [0.25, 0.3) is 0 Å². The van der Waals surface area contributed by atoms with Gasteiger partial charge in [0, 0.05) is 21.2 Å². The smallest absolute Gasteiger partial charge is 0.150 e. The van der Waals surface area contributed by atoms with Crippen LogP contribution in [0.1, 0.15) is 27.0 Å². The number of carbonyl (C=O) groups excluding carboxylic acids is 1. The molecule has 1 nitrogen and oxygen atoms in total. The van der Waals surface area contributed by atoms with Crippen molar-refractivity contribution in [1.82, 2.24) is 0 Å². The molecule has 0 aromatic heterocycles. The predicted octanol–water partition coefficient (Wildman–Crippen LogP) is 5.72. The summed E-state index contributed by atoms with van der Waals surface area (Å²) in [6.45, 7) is 3.96. The summed E-state index contributed by atoms with van der Waals surface area (Å²) >= 11 is 13.8. The van der Waals surface area contributed by atoms with Crippen LogP contribution < -0.4 is 0 Å². The normalized spacial score (nSPS) is 10.6. The van der Waals surface area contributed by atoms with Gasteiger partial charge >= 0.3 is 0 Å². The maximum Gasteiger partial charge on any atom is 0.150 e. The van der Waals surface area contributed by atoms with Crippen molar-refractivity contribution in [3.8, 4) is 0 Å². The van der Waals surface area contributed by atoms with Gasteiger partial charge in [0.15, 0.2) is 0 Å². The third kappa shape index (κ3) is 3.57. The van der Waals surface area contributed by atoms with Crippen molar-refractivity contribution in [3.63, 3.8) is 0 Å². The average molecular weight is 325 g/mol. The standard InChI is InChI=1S/C16H14Cl2OS/c1-10-5-12(8-19)11(2)13(6-10)9-20-16-7-14(17)3-4-15(16)18/h3-8H,9H2,1-2H3. The Labute approximate surface area is 133 Å². The number of benzene rings is 2. The first-order valence-electron chi connectivity index (χ1n) is 6.14. The Kier molecular flexibility index (Phi) is 5.14. The van der Waals surface area contributed by atoms with Crippen molar-refractivity contribution in [3.05, 3.63) is 62.6 Å². The molecule has 0 atom stereocenters. The third-order valence-corrected chi connectivity index (χ3v) is 4.88. The molecular weight excluding hydrogens is 311 g/mol. The van der Waals surface area contributed by atoms with E-state index in [1.54, 1.807) is 23.9 Å². The van der Waals surface area contributed by atoms with Crippen LogP contribution in [0.4, 0.5) is 0 Å². The summed E-state index contributed by atoms with van der Waals surface area (Å²) < 4.78 is 0. The van der Waals surface area contributed by atoms with E-state index >= 15 is 0 Å². The summed E-state index contributed by atoms with van der Waals surface area (Å²) in [4.78, 5) is 12.0. The molecule has 0 saturated heterocycles. The van der Waals surface area contributed by atoms with Crippen molar-refractivity contribution >= 4 is 41.2 Å². The average Bonchev–Trinajstić information content (AvgIpc) is 2.42. The molecule has 20 heavy (non-hydrogen) atoms. The summed E-state index contributed by atoms with van der Waals surface area (Å²) in [5, 5.41) is 1.37. The summed E-state index contributed by atoms with van der Waals surface area (Å²) in [5.74, 6) is 0.758. The number of hydrogen-bond donors (Lipinski definition) is 0. The molecular formula is C16H14Cl2OS. The van der Waals surface area contributed by atoms with Gasteiger partial charge in [-0.2, -0.15) is 0 Å². The van der Waals surface area contributed by atoms with Gasteiger partial charge in [-0.05, 0) is 49.2 Å². The number of thioether (sulfide) groups is 1. The highest BCUT2D eigenvalue weighted by Gasteiger charge is 2.08. The topological polar surface area (TPSA) is 17.1 Å². The lowest BCUT2D eigenvalue weighted by Gasteiger charge is -2.10. The van der Waals surface area contributed by atoms with Gasteiger partial charge in [0.05, 0.1) is 5.02 Å². The fourth-order valence-corrected chi connectivity index (χ4v) is 3.52. The second-order valence-electron chi connectivity index (χ2n) is 4.62. The first kappa shape index (κ1) is 15.4. The second kappa shape index (κ2) is 6.66. The Morgan fingerprint density at radius 3 is 2.60 bits per heavy atom. The Hall–Kier alpha value is -0.960. The number of halogens is 2. The SMILES string of the molecule is Cc1cc(C=O)c(C)c(CSc2cc(Cl)ccc2Cl)c1. The second-order valence-corrected chi connectivity index (χ2v) is 6.48. The first-order valence-corrected chi connectivity index (χ1v) is 7.88. The zero-order chi connectivity index (χ0) is 14.7. The van der Waals surface area contributed by atoms with E-state index in [0.29, 0.717) is 10.0 Å². The van der Waals surface area contributed by atoms with Gasteiger partial charge in [0.2, 0.25) is 0 Å². The summed E-state index contributed by atoms with van der Waals surface area (Å²) in [5.41, 5.74) is 4.01. The Balaban J connectivity index is 2.25. The van der Waals surface area contributed by atoms with Crippen LogP contribution in [-0.2, 0) is 5.75 Å². The molecule has 0 heterocycles. The summed E-state index contributed by atoms with van der Waals surface area (Å²) in [7, 11) is 0. The zero-order valence-corrected chi connectivity index (χ0v) is 13.6. The van der Waals surface area contributed by atoms with Gasteiger partial charge in [-0.15, -0.1) is 11.8 Å². The van der Waals surface area contributed by atoms with E-state index in [9.17, 15) is 4.79 Å². The van der Waals surface area contributed by atoms with E-state index in [1.165, 1.54) is 0 Å². The Bertz CT molecular complexity index is 653. The van der Waals surface area contributed by atoms with Crippen LogP contribution in [0.25, 0.3) is 0 Å². The van der Waals surface area contributed by atoms with Gasteiger partial charge in [0.1, 0.15) is 6.29 Å². The molecule has 0 saturated carbocycles. The number of hydrogen-bond acceptors (Lipinski definition) is 2. The molecule has 0 aliphatic heterocycles. The molecule has 0 amide bonds. The summed E-state index contributed by atoms with van der Waals surface area (Å²) in [6.07, 6.45) is 0.906. The minimum absolute atomic E-state index is 0.673. The van der Waals surface area contributed by atoms with Crippen LogP contribution >= 0.6 is 35.0 Å². The summed E-state index contributed by atoms with van der Waals surface area (Å²) in [6, 6.07) is 9.44. The number of rotatable bonds is 4. The molecule has 0 N–H and O–H groups in total. The van der Waals surface area contributed by atoms with Crippen LogP contribution in [0.3, 0.4) is 0 Å². The fraction of sp³-hybridized carbons (Fsp3) is 0.188. The fourth-order valence-electron chi connectivity index (χ4n) is 1.98. The highest BCUT2D eigenvalue weighted by Crippen LogP contribution is 2.33. The third-order valence-electron chi connectivity index (χ3n) is 3.10. The molecule has 2 aromatic rings. The number of aldehydes is 1. The lowest BCUT2D eigenvalue weighted by atomic mass is 10.0. The van der Waals surface area contributed by atoms with Crippen molar-refractivity contribution in [2.24, 2.45) is 0 Å². The molecule has 0 bridgehead atoms. The van der Waals surface area contributed by atoms with E-state index in [0.717, 1.165) is 39.2 Å². The zero-order valence-electron chi connectivity index (χ0n) is 11.2. The predicted molar refractivity (Wildman–Crippen MR) is 87.3 cm³/mol. The van der Waals surface area contributed by atoms with E-state index in [-0.39, 0.29) is 0 Å². The molecule has 0 unspecified atom stereocenters. The molecule has 2 aromatic carbocycles. The molecule has 104 valence electrons. The Morgan fingerprint density at radius 1 is 1.15 bits per heavy atom. The number of aryl methyl sites for hydroxylation is 1. The first-order chi connectivity index (χ1) is 9.51. The lowest BCUT2D eigenvalue weighted by molar-refractivity contribution is 0.112. The largest absolute Gasteiger partial charge is 0.298 e. The number of carbonyl (C=O) groups is 1. The molecule has 0 spiro atoms. The van der Waals surface area contributed by atoms with E-state index < -0.39 is 0 Å². The monoisotopic (exact) mass is 324 g/mol. The van der Waals surface area contributed by atoms with Gasteiger partial charge < -0.3 is 0 Å². The van der Waals surface area contributed by atoms with Crippen molar-refractivity contribution in [2.45, 2.75) is 24.5 Å². The van der Waals surface area contributed by atoms with Crippen LogP contribution in [0.5, 0.6) is 0 Å². The van der Waals surface area contributed by atoms with Gasteiger partial charge in [-0.1, -0.05) is 34.8 Å². The van der Waals surface area contributed by atoms with Gasteiger partial charge in [-0.25, -0.2) is 0 Å². The molecule has 0 aliphatic carbocycles. The van der Waals surface area contributed by atoms with E-state index in [2.05, 4.69) is 6.07 Å². The van der Waals surface area contributed by atoms with Crippen LogP contribution in [0.15, 0.2) is 35.2 Å². The van der Waals surface area contributed by atoms with E-state index in [4.69, 9.17) is 23.2 Å². The van der Waals surface area contributed by atoms with Crippen molar-refractivity contribution < 1.29 is 4.79 Å². The molecule has 4 heteroatoms. The molecule has 0 fully saturated rings. The van der Waals surface area contributed by atoms with Crippen LogP contribution in [0, 0.1) is 13.8 Å². The van der Waals surface area contributed by atoms with Crippen LogP contribution in [0.2, 0.25) is 10.0 Å². The van der Waals surface area contributed by atoms with Crippen LogP contribution in [-0.4, -0.2) is 6.29 Å². The van der Waals surface area contributed by atoms with Crippen molar-refractivity contribution in [2.75, 3.05) is 0 Å². The minimum Gasteiger partial charge on any atom is -0.298 e.